The number of nitrogens with zero attached hydrogens (tertiary/aromatic N) is 3. The van der Waals surface area contributed by atoms with Crippen molar-refractivity contribution in [2.24, 2.45) is 0 Å². The molecule has 0 aliphatic rings. The summed E-state index contributed by atoms with van der Waals surface area (Å²) in [4.78, 5) is 16.1. The van der Waals surface area contributed by atoms with E-state index in [-0.39, 0.29) is 12.6 Å². The van der Waals surface area contributed by atoms with Crippen LogP contribution in [0.3, 0.4) is 0 Å². The lowest BCUT2D eigenvalue weighted by molar-refractivity contribution is 0.102. The van der Waals surface area contributed by atoms with Crippen LogP contribution < -0.4 is 10.1 Å². The molecular formula is C18H18N4O2. The molecule has 3 aromatic rings. The fourth-order valence-corrected chi connectivity index (χ4v) is 2.18. The molecule has 24 heavy (non-hydrogen) atoms. The molecule has 1 aromatic carbocycles. The average Bonchev–Trinajstić information content (AvgIpc) is 3.06. The molecule has 6 nitrogen and oxygen atoms in total. The lowest BCUT2D eigenvalue weighted by Gasteiger charge is -2.09. The second kappa shape index (κ2) is 6.95. The molecule has 122 valence electrons. The molecule has 0 radical (unpaired) electrons. The summed E-state index contributed by atoms with van der Waals surface area (Å²) in [7, 11) is 0. The van der Waals surface area contributed by atoms with Crippen molar-refractivity contribution in [1.29, 1.82) is 0 Å². The van der Waals surface area contributed by atoms with E-state index in [1.54, 1.807) is 41.5 Å². The number of aryl methyl sites for hydroxylation is 2. The number of benzene rings is 1. The van der Waals surface area contributed by atoms with Crippen LogP contribution in [-0.2, 0) is 6.73 Å². The monoisotopic (exact) mass is 322 g/mol. The summed E-state index contributed by atoms with van der Waals surface area (Å²) in [6.07, 6.45) is 4.95. The van der Waals surface area contributed by atoms with Gasteiger partial charge >= 0.3 is 0 Å². The molecule has 2 aromatic heterocycles. The van der Waals surface area contributed by atoms with E-state index in [2.05, 4.69) is 15.4 Å². The number of hydrogen-bond donors (Lipinski definition) is 1. The first kappa shape index (κ1) is 15.7. The quantitative estimate of drug-likeness (QED) is 0.783. The predicted molar refractivity (Wildman–Crippen MR) is 91.0 cm³/mol. The zero-order valence-corrected chi connectivity index (χ0v) is 13.6. The van der Waals surface area contributed by atoms with E-state index in [1.165, 1.54) is 0 Å². The van der Waals surface area contributed by atoms with Crippen molar-refractivity contribution < 1.29 is 9.53 Å². The van der Waals surface area contributed by atoms with E-state index >= 15 is 0 Å². The van der Waals surface area contributed by atoms with Crippen molar-refractivity contribution in [1.82, 2.24) is 14.8 Å². The van der Waals surface area contributed by atoms with Gasteiger partial charge in [0.05, 0.1) is 0 Å². The second-order valence-electron chi connectivity index (χ2n) is 5.47. The van der Waals surface area contributed by atoms with Crippen molar-refractivity contribution in [3.63, 3.8) is 0 Å². The summed E-state index contributed by atoms with van der Waals surface area (Å²) in [6.45, 7) is 4.25. The first-order valence-electron chi connectivity index (χ1n) is 7.57. The van der Waals surface area contributed by atoms with Crippen LogP contribution in [-0.4, -0.2) is 20.7 Å². The molecule has 1 N–H and O–H groups in total. The molecule has 6 heteroatoms. The van der Waals surface area contributed by atoms with Crippen molar-refractivity contribution in [3.05, 3.63) is 71.8 Å². The predicted octanol–water partition coefficient (Wildman–Crippen LogP) is 3.18. The van der Waals surface area contributed by atoms with Gasteiger partial charge in [-0.2, -0.15) is 5.10 Å². The van der Waals surface area contributed by atoms with Crippen LogP contribution in [0.25, 0.3) is 0 Å². The van der Waals surface area contributed by atoms with Crippen LogP contribution in [0.15, 0.2) is 55.0 Å². The van der Waals surface area contributed by atoms with Crippen LogP contribution in [0.5, 0.6) is 5.75 Å². The summed E-state index contributed by atoms with van der Waals surface area (Å²) in [5, 5.41) is 7.00. The van der Waals surface area contributed by atoms with Gasteiger partial charge < -0.3 is 10.1 Å². The fourth-order valence-electron chi connectivity index (χ4n) is 2.18. The summed E-state index contributed by atoms with van der Waals surface area (Å²) >= 11 is 0. The van der Waals surface area contributed by atoms with Gasteiger partial charge in [-0.15, -0.1) is 0 Å². The maximum Gasteiger partial charge on any atom is 0.276 e. The number of amides is 1. The van der Waals surface area contributed by atoms with Gasteiger partial charge in [-0.1, -0.05) is 12.1 Å². The van der Waals surface area contributed by atoms with E-state index in [0.717, 1.165) is 16.9 Å². The van der Waals surface area contributed by atoms with Crippen LogP contribution >= 0.6 is 0 Å². The Bertz CT molecular complexity index is 843. The number of carbonyl (C=O) groups excluding carboxylic acids is 1. The molecule has 3 rings (SSSR count). The molecule has 0 unspecified atom stereocenters. The Balaban J connectivity index is 1.63. The van der Waals surface area contributed by atoms with E-state index in [0.29, 0.717) is 11.4 Å². The summed E-state index contributed by atoms with van der Waals surface area (Å²) in [5.74, 6) is 0.542. The van der Waals surface area contributed by atoms with E-state index in [1.807, 2.05) is 32.0 Å². The fraction of sp³-hybridized carbons (Fsp3) is 0.167. The molecule has 0 aliphatic heterocycles. The molecule has 0 fully saturated rings. The number of nitrogens with one attached hydrogen (secondary N) is 1. The number of ether oxygens (including phenoxy) is 1. The largest absolute Gasteiger partial charge is 0.471 e. The molecular weight excluding hydrogens is 304 g/mol. The van der Waals surface area contributed by atoms with Gasteiger partial charge in [0.1, 0.15) is 5.75 Å². The smallest absolute Gasteiger partial charge is 0.276 e. The van der Waals surface area contributed by atoms with Crippen LogP contribution in [0.2, 0.25) is 0 Å². The van der Waals surface area contributed by atoms with Gasteiger partial charge in [0.15, 0.2) is 12.4 Å². The summed E-state index contributed by atoms with van der Waals surface area (Å²) < 4.78 is 7.36. The van der Waals surface area contributed by atoms with E-state index in [9.17, 15) is 4.79 Å². The van der Waals surface area contributed by atoms with Crippen molar-refractivity contribution in [2.75, 3.05) is 5.32 Å². The molecule has 0 atom stereocenters. The Labute approximate surface area is 140 Å². The van der Waals surface area contributed by atoms with Crippen molar-refractivity contribution >= 4 is 11.6 Å². The minimum Gasteiger partial charge on any atom is -0.471 e. The number of aromatic nitrogens is 3. The van der Waals surface area contributed by atoms with Crippen molar-refractivity contribution in [2.45, 2.75) is 20.6 Å². The topological polar surface area (TPSA) is 69.0 Å². The third-order valence-corrected chi connectivity index (χ3v) is 3.51. The Morgan fingerprint density at radius 1 is 1.17 bits per heavy atom. The standard InChI is InChI=1S/C18H18N4O2/c1-13-3-4-14(2)17(11-13)24-12-22-10-7-16(21-22)18(23)20-15-5-8-19-9-6-15/h3-11H,12H2,1-2H3,(H,19,20,23). The van der Waals surface area contributed by atoms with Crippen LogP contribution in [0, 0.1) is 13.8 Å². The highest BCUT2D eigenvalue weighted by Gasteiger charge is 2.10. The SMILES string of the molecule is Cc1ccc(C)c(OCn2ccc(C(=O)Nc3ccncc3)n2)c1. The highest BCUT2D eigenvalue weighted by atomic mass is 16.5. The first-order chi connectivity index (χ1) is 11.6. The molecule has 0 saturated carbocycles. The zero-order chi connectivity index (χ0) is 16.9. The number of pyridine rings is 1. The molecule has 0 bridgehead atoms. The highest BCUT2D eigenvalue weighted by molar-refractivity contribution is 6.02. The first-order valence-corrected chi connectivity index (χ1v) is 7.57. The van der Waals surface area contributed by atoms with E-state index in [4.69, 9.17) is 4.74 Å². The number of carbonyl (C=O) groups is 1. The Morgan fingerprint density at radius 3 is 2.75 bits per heavy atom. The highest BCUT2D eigenvalue weighted by Crippen LogP contribution is 2.19. The Hall–Kier alpha value is -3.15. The van der Waals surface area contributed by atoms with Gasteiger partial charge in [-0.3, -0.25) is 9.78 Å². The normalized spacial score (nSPS) is 10.4. The van der Waals surface area contributed by atoms with E-state index < -0.39 is 0 Å². The Kier molecular flexibility index (Phi) is 4.56. The second-order valence-corrected chi connectivity index (χ2v) is 5.47. The van der Waals surface area contributed by atoms with Gasteiger partial charge in [0.25, 0.3) is 5.91 Å². The van der Waals surface area contributed by atoms with Gasteiger partial charge in [-0.25, -0.2) is 4.68 Å². The minimum absolute atomic E-state index is 0.243. The number of rotatable bonds is 5. The lowest BCUT2D eigenvalue weighted by atomic mass is 10.1. The molecule has 0 spiro atoms. The number of hydrogen-bond acceptors (Lipinski definition) is 4. The van der Waals surface area contributed by atoms with Crippen LogP contribution in [0.1, 0.15) is 21.6 Å². The molecule has 1 amide bonds. The van der Waals surface area contributed by atoms with Gasteiger partial charge in [-0.05, 0) is 49.2 Å². The molecule has 0 saturated heterocycles. The third-order valence-electron chi connectivity index (χ3n) is 3.51. The lowest BCUT2D eigenvalue weighted by Crippen LogP contribution is -2.14. The summed E-state index contributed by atoms with van der Waals surface area (Å²) in [6, 6.07) is 11.1. The van der Waals surface area contributed by atoms with Gasteiger partial charge in [0.2, 0.25) is 0 Å². The minimum atomic E-state index is -0.272. The third kappa shape index (κ3) is 3.78. The summed E-state index contributed by atoms with van der Waals surface area (Å²) in [5.41, 5.74) is 3.20. The average molecular weight is 322 g/mol. The molecule has 2 heterocycles. The van der Waals surface area contributed by atoms with Gasteiger partial charge in [0, 0.05) is 24.3 Å². The Morgan fingerprint density at radius 2 is 1.96 bits per heavy atom. The van der Waals surface area contributed by atoms with Crippen molar-refractivity contribution in [3.8, 4) is 5.75 Å². The maximum atomic E-state index is 12.2. The molecule has 0 aliphatic carbocycles. The zero-order valence-electron chi connectivity index (χ0n) is 13.6. The van der Waals surface area contributed by atoms with Crippen LogP contribution in [0.4, 0.5) is 5.69 Å². The number of anilines is 1. The maximum absolute atomic E-state index is 12.2.